The summed E-state index contributed by atoms with van der Waals surface area (Å²) in [6.07, 6.45) is 0. The topological polar surface area (TPSA) is 76.4 Å². The maximum atomic E-state index is 5.27. The first-order valence-corrected chi connectivity index (χ1v) is 3.56. The van der Waals surface area contributed by atoms with E-state index in [9.17, 15) is 0 Å². The molecule has 0 bridgehead atoms. The molecule has 0 aromatic carbocycles. The second-order valence-corrected chi connectivity index (χ2v) is 2.36. The van der Waals surface area contributed by atoms with Crippen LogP contribution in [0, 0.1) is 13.8 Å². The summed E-state index contributed by atoms with van der Waals surface area (Å²) < 4.78 is 5.27. The highest BCUT2D eigenvalue weighted by molar-refractivity contribution is 5.96. The summed E-state index contributed by atoms with van der Waals surface area (Å²) in [4.78, 5) is 7.98. The minimum atomic E-state index is 0.508. The van der Waals surface area contributed by atoms with Gasteiger partial charge >= 0.3 is 0 Å². The quantitative estimate of drug-likeness (QED) is 0.270. The molecule has 0 aliphatic carbocycles. The molecule has 0 aliphatic heterocycles. The van der Waals surface area contributed by atoms with Gasteiger partial charge in [-0.05, 0) is 6.92 Å². The zero-order chi connectivity index (χ0) is 9.14. The fraction of sp³-hybridized carbons (Fsp3) is 0.429. The smallest absolute Gasteiger partial charge is 0.193 e. The van der Waals surface area contributed by atoms with E-state index in [1.807, 2.05) is 6.92 Å². The van der Waals surface area contributed by atoms with E-state index in [1.165, 1.54) is 0 Å². The number of hydrogen-bond acceptors (Lipinski definition) is 4. The van der Waals surface area contributed by atoms with Gasteiger partial charge in [-0.2, -0.15) is 0 Å². The van der Waals surface area contributed by atoms with Crippen molar-refractivity contribution in [3.8, 4) is 0 Å². The van der Waals surface area contributed by atoms with Gasteiger partial charge in [-0.3, -0.25) is 4.99 Å². The van der Waals surface area contributed by atoms with Crippen molar-refractivity contribution in [3.05, 3.63) is 17.3 Å². The standard InChI is InChI=1S/C7H12N4O/c1-4-6(7(9-3)11-8)12-5(2)10-4/h8H2,1-3H3,(H,9,11). The summed E-state index contributed by atoms with van der Waals surface area (Å²) in [6.45, 7) is 3.62. The van der Waals surface area contributed by atoms with Gasteiger partial charge in [0.2, 0.25) is 0 Å². The lowest BCUT2D eigenvalue weighted by atomic mass is 10.3. The summed E-state index contributed by atoms with van der Waals surface area (Å²) in [7, 11) is 1.63. The molecule has 1 aromatic rings. The Hall–Kier alpha value is -1.36. The maximum Gasteiger partial charge on any atom is 0.193 e. The average molecular weight is 168 g/mol. The average Bonchev–Trinajstić information content (AvgIpc) is 2.34. The van der Waals surface area contributed by atoms with Gasteiger partial charge in [-0.1, -0.05) is 0 Å². The fourth-order valence-electron chi connectivity index (χ4n) is 0.983. The Labute approximate surface area is 70.7 Å². The molecule has 0 spiro atoms. The highest BCUT2D eigenvalue weighted by atomic mass is 16.4. The first-order chi connectivity index (χ1) is 5.69. The van der Waals surface area contributed by atoms with Gasteiger partial charge in [-0.15, -0.1) is 0 Å². The van der Waals surface area contributed by atoms with Crippen LogP contribution < -0.4 is 11.3 Å². The summed E-state index contributed by atoms with van der Waals surface area (Å²) in [5.41, 5.74) is 3.22. The third kappa shape index (κ3) is 1.45. The Bertz CT molecular complexity index is 302. The van der Waals surface area contributed by atoms with Crippen molar-refractivity contribution in [1.82, 2.24) is 10.4 Å². The van der Waals surface area contributed by atoms with Gasteiger partial charge in [0.1, 0.15) is 0 Å². The second-order valence-electron chi connectivity index (χ2n) is 2.36. The van der Waals surface area contributed by atoms with Gasteiger partial charge in [0, 0.05) is 14.0 Å². The number of aromatic nitrogens is 1. The minimum Gasteiger partial charge on any atom is -0.437 e. The zero-order valence-corrected chi connectivity index (χ0v) is 7.38. The molecule has 0 saturated heterocycles. The Morgan fingerprint density at radius 2 is 2.25 bits per heavy atom. The molecule has 0 atom stereocenters. The van der Waals surface area contributed by atoms with Crippen molar-refractivity contribution in [1.29, 1.82) is 0 Å². The van der Waals surface area contributed by atoms with E-state index in [0.29, 0.717) is 17.5 Å². The Morgan fingerprint density at radius 3 is 2.58 bits per heavy atom. The monoisotopic (exact) mass is 168 g/mol. The van der Waals surface area contributed by atoms with Crippen LogP contribution in [0.3, 0.4) is 0 Å². The van der Waals surface area contributed by atoms with E-state index in [4.69, 9.17) is 10.3 Å². The van der Waals surface area contributed by atoms with E-state index < -0.39 is 0 Å². The number of hydrogen-bond donors (Lipinski definition) is 2. The third-order valence-electron chi connectivity index (χ3n) is 1.48. The van der Waals surface area contributed by atoms with Crippen LogP contribution in [0.2, 0.25) is 0 Å². The molecule has 66 valence electrons. The highest BCUT2D eigenvalue weighted by Gasteiger charge is 2.11. The predicted molar refractivity (Wildman–Crippen MR) is 45.8 cm³/mol. The molecule has 0 radical (unpaired) electrons. The van der Waals surface area contributed by atoms with Gasteiger partial charge in [0.05, 0.1) is 5.69 Å². The molecule has 1 aromatic heterocycles. The first kappa shape index (κ1) is 8.73. The van der Waals surface area contributed by atoms with Crippen LogP contribution in [0.25, 0.3) is 0 Å². The molecule has 5 nitrogen and oxygen atoms in total. The van der Waals surface area contributed by atoms with Crippen LogP contribution in [-0.2, 0) is 0 Å². The van der Waals surface area contributed by atoms with Gasteiger partial charge in [0.25, 0.3) is 0 Å². The number of aryl methyl sites for hydroxylation is 2. The number of aliphatic imine (C=N–C) groups is 1. The Morgan fingerprint density at radius 1 is 1.58 bits per heavy atom. The summed E-state index contributed by atoms with van der Waals surface area (Å²) in [6, 6.07) is 0. The number of nitrogens with one attached hydrogen (secondary N) is 1. The summed E-state index contributed by atoms with van der Waals surface area (Å²) >= 11 is 0. The molecular weight excluding hydrogens is 156 g/mol. The summed E-state index contributed by atoms with van der Waals surface area (Å²) in [5, 5.41) is 0. The van der Waals surface area contributed by atoms with Gasteiger partial charge in [0.15, 0.2) is 17.5 Å². The van der Waals surface area contributed by atoms with E-state index in [1.54, 1.807) is 14.0 Å². The maximum absolute atomic E-state index is 5.27. The molecule has 0 saturated carbocycles. The molecule has 1 rings (SSSR count). The van der Waals surface area contributed by atoms with Gasteiger partial charge in [-0.25, -0.2) is 10.8 Å². The molecule has 1 heterocycles. The summed E-state index contributed by atoms with van der Waals surface area (Å²) in [5.74, 6) is 6.94. The van der Waals surface area contributed by atoms with Crippen LogP contribution in [0.15, 0.2) is 9.41 Å². The largest absolute Gasteiger partial charge is 0.437 e. The van der Waals surface area contributed by atoms with Gasteiger partial charge < -0.3 is 9.84 Å². The third-order valence-corrected chi connectivity index (χ3v) is 1.48. The molecule has 0 unspecified atom stereocenters. The SMILES string of the molecule is CN=C(NN)c1oc(C)nc1C. The molecule has 12 heavy (non-hydrogen) atoms. The first-order valence-electron chi connectivity index (χ1n) is 3.56. The van der Waals surface area contributed by atoms with Crippen molar-refractivity contribution < 1.29 is 4.42 Å². The number of hydrazine groups is 1. The number of nitrogens with two attached hydrogens (primary N) is 1. The van der Waals surface area contributed by atoms with Crippen LogP contribution in [0.1, 0.15) is 17.3 Å². The molecule has 3 N–H and O–H groups in total. The van der Waals surface area contributed by atoms with Crippen LogP contribution in [0.4, 0.5) is 0 Å². The fourth-order valence-corrected chi connectivity index (χ4v) is 0.983. The number of nitrogens with zero attached hydrogens (tertiary/aromatic N) is 2. The lowest BCUT2D eigenvalue weighted by molar-refractivity contribution is 0.510. The normalized spacial score (nSPS) is 11.8. The zero-order valence-electron chi connectivity index (χ0n) is 7.38. The van der Waals surface area contributed by atoms with Crippen LogP contribution in [0.5, 0.6) is 0 Å². The second kappa shape index (κ2) is 3.36. The van der Waals surface area contributed by atoms with E-state index >= 15 is 0 Å². The lowest BCUT2D eigenvalue weighted by Crippen LogP contribution is -2.31. The number of amidine groups is 1. The van der Waals surface area contributed by atoms with Crippen molar-refractivity contribution in [2.75, 3.05) is 7.05 Å². The predicted octanol–water partition coefficient (Wildman–Crippen LogP) is 0.131. The number of rotatable bonds is 1. The van der Waals surface area contributed by atoms with Crippen molar-refractivity contribution in [2.45, 2.75) is 13.8 Å². The molecule has 0 aliphatic rings. The van der Waals surface area contributed by atoms with Crippen molar-refractivity contribution in [3.63, 3.8) is 0 Å². The number of oxazole rings is 1. The Kier molecular flexibility index (Phi) is 2.44. The molecule has 0 amide bonds. The molecule has 5 heteroatoms. The van der Waals surface area contributed by atoms with E-state index in [0.717, 1.165) is 5.69 Å². The van der Waals surface area contributed by atoms with Crippen molar-refractivity contribution in [2.24, 2.45) is 10.8 Å². The van der Waals surface area contributed by atoms with Crippen LogP contribution in [-0.4, -0.2) is 17.9 Å². The van der Waals surface area contributed by atoms with Crippen molar-refractivity contribution >= 4 is 5.84 Å². The Balaban J connectivity index is 3.09. The van der Waals surface area contributed by atoms with Crippen LogP contribution >= 0.6 is 0 Å². The molecular formula is C7H12N4O. The lowest BCUT2D eigenvalue weighted by Gasteiger charge is -1.99. The van der Waals surface area contributed by atoms with E-state index in [-0.39, 0.29) is 0 Å². The minimum absolute atomic E-state index is 0.508. The highest BCUT2D eigenvalue weighted by Crippen LogP contribution is 2.08. The van der Waals surface area contributed by atoms with E-state index in [2.05, 4.69) is 15.4 Å². The molecule has 0 fully saturated rings.